The van der Waals surface area contributed by atoms with Crippen LogP contribution in [0.4, 0.5) is 0 Å². The van der Waals surface area contributed by atoms with Gasteiger partial charge in [-0.2, -0.15) is 5.10 Å². The van der Waals surface area contributed by atoms with E-state index in [0.717, 1.165) is 17.8 Å². The first-order chi connectivity index (χ1) is 10.3. The van der Waals surface area contributed by atoms with Crippen LogP contribution in [0.15, 0.2) is 67.0 Å². The predicted octanol–water partition coefficient (Wildman–Crippen LogP) is 2.87. The lowest BCUT2D eigenvalue weighted by Gasteiger charge is -2.08. The molecule has 0 atom stereocenters. The molecule has 1 heterocycles. The third-order valence-corrected chi connectivity index (χ3v) is 3.34. The SMILES string of the molecule is Oc1ccccc1CNCc1ccc(-n2cccn2)cc1. The van der Waals surface area contributed by atoms with Gasteiger partial charge in [-0.05, 0) is 29.8 Å². The molecule has 0 saturated heterocycles. The van der Waals surface area contributed by atoms with Crippen LogP contribution < -0.4 is 5.32 Å². The molecule has 0 bridgehead atoms. The summed E-state index contributed by atoms with van der Waals surface area (Å²) in [5, 5.41) is 17.2. The van der Waals surface area contributed by atoms with Crippen LogP contribution >= 0.6 is 0 Å². The number of nitrogens with zero attached hydrogens (tertiary/aromatic N) is 2. The van der Waals surface area contributed by atoms with Crippen LogP contribution in [0.1, 0.15) is 11.1 Å². The fourth-order valence-corrected chi connectivity index (χ4v) is 2.19. The second-order valence-electron chi connectivity index (χ2n) is 4.85. The van der Waals surface area contributed by atoms with Crippen molar-refractivity contribution in [1.82, 2.24) is 15.1 Å². The second kappa shape index (κ2) is 6.24. The van der Waals surface area contributed by atoms with E-state index in [4.69, 9.17) is 0 Å². The Kier molecular flexibility index (Phi) is 3.98. The van der Waals surface area contributed by atoms with E-state index in [2.05, 4.69) is 22.5 Å². The Morgan fingerprint density at radius 2 is 1.76 bits per heavy atom. The van der Waals surface area contributed by atoms with E-state index in [1.54, 1.807) is 12.3 Å². The Morgan fingerprint density at radius 3 is 2.48 bits per heavy atom. The quantitative estimate of drug-likeness (QED) is 0.755. The van der Waals surface area contributed by atoms with Gasteiger partial charge in [-0.15, -0.1) is 0 Å². The van der Waals surface area contributed by atoms with Crippen molar-refractivity contribution in [3.05, 3.63) is 78.1 Å². The summed E-state index contributed by atoms with van der Waals surface area (Å²) in [6, 6.07) is 17.5. The zero-order chi connectivity index (χ0) is 14.5. The van der Waals surface area contributed by atoms with Crippen LogP contribution in [0.3, 0.4) is 0 Å². The summed E-state index contributed by atoms with van der Waals surface area (Å²) in [7, 11) is 0. The molecule has 106 valence electrons. The third kappa shape index (κ3) is 3.30. The topological polar surface area (TPSA) is 50.1 Å². The first-order valence-electron chi connectivity index (χ1n) is 6.89. The van der Waals surface area contributed by atoms with E-state index in [1.807, 2.05) is 47.3 Å². The van der Waals surface area contributed by atoms with Crippen LogP contribution in [0.2, 0.25) is 0 Å². The molecular weight excluding hydrogens is 262 g/mol. The standard InChI is InChI=1S/C17H17N3O/c21-17-5-2-1-4-15(17)13-18-12-14-6-8-16(9-7-14)20-11-3-10-19-20/h1-11,18,21H,12-13H2. The average molecular weight is 279 g/mol. The lowest BCUT2D eigenvalue weighted by Crippen LogP contribution is -2.12. The molecule has 3 rings (SSSR count). The molecule has 1 aromatic heterocycles. The maximum absolute atomic E-state index is 9.70. The van der Waals surface area contributed by atoms with Gasteiger partial charge in [-0.25, -0.2) is 4.68 Å². The molecule has 0 spiro atoms. The Balaban J connectivity index is 1.58. The van der Waals surface area contributed by atoms with Crippen LogP contribution in [0, 0.1) is 0 Å². The number of para-hydroxylation sites is 1. The molecule has 21 heavy (non-hydrogen) atoms. The van der Waals surface area contributed by atoms with Gasteiger partial charge >= 0.3 is 0 Å². The summed E-state index contributed by atoms with van der Waals surface area (Å²) in [4.78, 5) is 0. The van der Waals surface area contributed by atoms with Gasteiger partial charge in [0.2, 0.25) is 0 Å². The highest BCUT2D eigenvalue weighted by Crippen LogP contribution is 2.15. The highest BCUT2D eigenvalue weighted by molar-refractivity contribution is 5.34. The van der Waals surface area contributed by atoms with E-state index in [0.29, 0.717) is 12.3 Å². The van der Waals surface area contributed by atoms with Crippen molar-refractivity contribution in [3.63, 3.8) is 0 Å². The molecule has 4 heteroatoms. The van der Waals surface area contributed by atoms with Gasteiger partial charge in [0.25, 0.3) is 0 Å². The highest BCUT2D eigenvalue weighted by Gasteiger charge is 2.00. The Morgan fingerprint density at radius 1 is 0.952 bits per heavy atom. The Hall–Kier alpha value is -2.59. The molecular formula is C17H17N3O. The third-order valence-electron chi connectivity index (χ3n) is 3.34. The molecule has 0 aliphatic rings. The second-order valence-corrected chi connectivity index (χ2v) is 4.85. The Bertz CT molecular complexity index is 690. The molecule has 0 unspecified atom stereocenters. The summed E-state index contributed by atoms with van der Waals surface area (Å²) in [6.07, 6.45) is 3.69. The van der Waals surface area contributed by atoms with Crippen molar-refractivity contribution in [2.75, 3.05) is 0 Å². The van der Waals surface area contributed by atoms with Crippen molar-refractivity contribution in [1.29, 1.82) is 0 Å². The van der Waals surface area contributed by atoms with Crippen molar-refractivity contribution in [3.8, 4) is 11.4 Å². The van der Waals surface area contributed by atoms with E-state index < -0.39 is 0 Å². The number of rotatable bonds is 5. The van der Waals surface area contributed by atoms with Gasteiger partial charge in [-0.3, -0.25) is 0 Å². The Labute approximate surface area is 123 Å². The zero-order valence-electron chi connectivity index (χ0n) is 11.6. The molecule has 0 saturated carbocycles. The largest absolute Gasteiger partial charge is 0.508 e. The van der Waals surface area contributed by atoms with Crippen molar-refractivity contribution in [2.45, 2.75) is 13.1 Å². The van der Waals surface area contributed by atoms with E-state index in [1.165, 1.54) is 5.56 Å². The first kappa shape index (κ1) is 13.4. The summed E-state index contributed by atoms with van der Waals surface area (Å²) in [6.45, 7) is 1.40. The molecule has 0 amide bonds. The van der Waals surface area contributed by atoms with Crippen molar-refractivity contribution in [2.24, 2.45) is 0 Å². The van der Waals surface area contributed by atoms with Gasteiger partial charge in [0.15, 0.2) is 0 Å². The zero-order valence-corrected chi connectivity index (χ0v) is 11.6. The summed E-state index contributed by atoms with van der Waals surface area (Å²) in [5.74, 6) is 0.332. The minimum Gasteiger partial charge on any atom is -0.508 e. The van der Waals surface area contributed by atoms with Gasteiger partial charge in [0.1, 0.15) is 5.75 Å². The summed E-state index contributed by atoms with van der Waals surface area (Å²) in [5.41, 5.74) is 3.15. The lowest BCUT2D eigenvalue weighted by atomic mass is 10.2. The van der Waals surface area contributed by atoms with Crippen LogP contribution in [0.5, 0.6) is 5.75 Å². The summed E-state index contributed by atoms with van der Waals surface area (Å²) >= 11 is 0. The molecule has 4 nitrogen and oxygen atoms in total. The molecule has 0 fully saturated rings. The number of hydrogen-bond acceptors (Lipinski definition) is 3. The molecule has 0 aliphatic heterocycles. The molecule has 2 aromatic carbocycles. The normalized spacial score (nSPS) is 10.7. The molecule has 0 aliphatic carbocycles. The minimum absolute atomic E-state index is 0.332. The van der Waals surface area contributed by atoms with E-state index in [9.17, 15) is 5.11 Å². The number of phenolic OH excluding ortho intramolecular Hbond substituents is 1. The maximum Gasteiger partial charge on any atom is 0.120 e. The molecule has 3 aromatic rings. The van der Waals surface area contributed by atoms with E-state index >= 15 is 0 Å². The summed E-state index contributed by atoms with van der Waals surface area (Å²) < 4.78 is 1.83. The molecule has 2 N–H and O–H groups in total. The van der Waals surface area contributed by atoms with Gasteiger partial charge in [0.05, 0.1) is 5.69 Å². The van der Waals surface area contributed by atoms with Gasteiger partial charge < -0.3 is 10.4 Å². The van der Waals surface area contributed by atoms with E-state index in [-0.39, 0.29) is 0 Å². The predicted molar refractivity (Wildman–Crippen MR) is 82.2 cm³/mol. The number of aromatic nitrogens is 2. The maximum atomic E-state index is 9.70. The number of benzene rings is 2. The number of hydrogen-bond donors (Lipinski definition) is 2. The van der Waals surface area contributed by atoms with Crippen molar-refractivity contribution < 1.29 is 5.11 Å². The number of aromatic hydroxyl groups is 1. The lowest BCUT2D eigenvalue weighted by molar-refractivity contribution is 0.464. The van der Waals surface area contributed by atoms with Crippen LogP contribution in [-0.4, -0.2) is 14.9 Å². The van der Waals surface area contributed by atoms with Crippen molar-refractivity contribution >= 4 is 0 Å². The van der Waals surface area contributed by atoms with Crippen LogP contribution in [0.25, 0.3) is 5.69 Å². The number of nitrogens with one attached hydrogen (secondary N) is 1. The fraction of sp³-hybridized carbons (Fsp3) is 0.118. The molecule has 0 radical (unpaired) electrons. The van der Waals surface area contributed by atoms with Gasteiger partial charge in [-0.1, -0.05) is 30.3 Å². The smallest absolute Gasteiger partial charge is 0.120 e. The first-order valence-corrected chi connectivity index (χ1v) is 6.89. The van der Waals surface area contributed by atoms with Crippen LogP contribution in [-0.2, 0) is 13.1 Å². The number of phenols is 1. The monoisotopic (exact) mass is 279 g/mol. The minimum atomic E-state index is 0.332. The van der Waals surface area contributed by atoms with Gasteiger partial charge in [0, 0.05) is 31.0 Å². The highest BCUT2D eigenvalue weighted by atomic mass is 16.3. The average Bonchev–Trinajstić information content (AvgIpc) is 3.04. The fourth-order valence-electron chi connectivity index (χ4n) is 2.19.